The first-order valence-electron chi connectivity index (χ1n) is 7.35. The van der Waals surface area contributed by atoms with E-state index < -0.39 is 0 Å². The first kappa shape index (κ1) is 16.4. The van der Waals surface area contributed by atoms with Crippen LogP contribution in [0.4, 0.5) is 0 Å². The summed E-state index contributed by atoms with van der Waals surface area (Å²) in [6, 6.07) is 5.98. The van der Waals surface area contributed by atoms with Gasteiger partial charge < -0.3 is 10.1 Å². The molecule has 1 N–H and O–H groups in total. The van der Waals surface area contributed by atoms with E-state index in [2.05, 4.69) is 31.5 Å². The number of hydrogen-bond acceptors (Lipinski definition) is 2. The molecule has 2 nitrogen and oxygen atoms in total. The van der Waals surface area contributed by atoms with Crippen molar-refractivity contribution in [2.24, 2.45) is 0 Å². The van der Waals surface area contributed by atoms with Gasteiger partial charge in [0.15, 0.2) is 0 Å². The second kappa shape index (κ2) is 7.37. The van der Waals surface area contributed by atoms with Gasteiger partial charge in [0.25, 0.3) is 0 Å². The van der Waals surface area contributed by atoms with Crippen molar-refractivity contribution < 1.29 is 4.74 Å². The molecule has 1 aromatic rings. The standard InChI is InChI=1S/C19H22ClNO/c1-5-6-7-16-13(2)8-10-18(16)21-14(3)15-9-11-19(22-4)17(20)12-15/h5-7,9,11-12,18,21H,1,3,8,10H2,2,4H3/b7-6-. The molecule has 0 spiro atoms. The number of hydrogen-bond donors (Lipinski definition) is 1. The van der Waals surface area contributed by atoms with Crippen molar-refractivity contribution in [3.63, 3.8) is 0 Å². The highest BCUT2D eigenvalue weighted by Gasteiger charge is 2.21. The fourth-order valence-electron chi connectivity index (χ4n) is 2.69. The van der Waals surface area contributed by atoms with Crippen LogP contribution in [0.5, 0.6) is 5.75 Å². The number of halogens is 1. The highest BCUT2D eigenvalue weighted by atomic mass is 35.5. The van der Waals surface area contributed by atoms with Crippen LogP contribution in [0.3, 0.4) is 0 Å². The molecule has 0 aromatic heterocycles. The maximum Gasteiger partial charge on any atom is 0.137 e. The van der Waals surface area contributed by atoms with Gasteiger partial charge in [-0.25, -0.2) is 0 Å². The van der Waals surface area contributed by atoms with Crippen LogP contribution in [0.2, 0.25) is 5.02 Å². The highest BCUT2D eigenvalue weighted by Crippen LogP contribution is 2.30. The Morgan fingerprint density at radius 3 is 2.86 bits per heavy atom. The molecule has 3 heteroatoms. The third kappa shape index (κ3) is 3.63. The SMILES string of the molecule is C=C/C=C\C1=C(C)CCC1NC(=C)c1ccc(OC)c(Cl)c1. The van der Waals surface area contributed by atoms with Gasteiger partial charge in [-0.3, -0.25) is 0 Å². The molecule has 0 bridgehead atoms. The molecule has 2 rings (SSSR count). The van der Waals surface area contributed by atoms with Crippen molar-refractivity contribution in [1.29, 1.82) is 0 Å². The van der Waals surface area contributed by atoms with Gasteiger partial charge in [-0.2, -0.15) is 0 Å². The first-order valence-corrected chi connectivity index (χ1v) is 7.72. The Morgan fingerprint density at radius 1 is 1.45 bits per heavy atom. The van der Waals surface area contributed by atoms with Gasteiger partial charge in [-0.05, 0) is 49.1 Å². The molecule has 1 aliphatic rings. The normalized spacial score (nSPS) is 17.9. The third-order valence-corrected chi connectivity index (χ3v) is 4.23. The fraction of sp³-hybridized carbons (Fsp3) is 0.263. The molecule has 1 atom stereocenters. The minimum Gasteiger partial charge on any atom is -0.495 e. The highest BCUT2D eigenvalue weighted by molar-refractivity contribution is 6.32. The Labute approximate surface area is 137 Å². The average Bonchev–Trinajstić information content (AvgIpc) is 2.85. The largest absolute Gasteiger partial charge is 0.495 e. The van der Waals surface area contributed by atoms with Crippen LogP contribution < -0.4 is 10.1 Å². The molecule has 1 unspecified atom stereocenters. The Kier molecular flexibility index (Phi) is 5.51. The molecule has 0 radical (unpaired) electrons. The van der Waals surface area contributed by atoms with Gasteiger partial charge in [-0.15, -0.1) is 0 Å². The molecule has 22 heavy (non-hydrogen) atoms. The summed E-state index contributed by atoms with van der Waals surface area (Å²) in [6.07, 6.45) is 8.08. The van der Waals surface area contributed by atoms with E-state index in [1.54, 1.807) is 13.2 Å². The number of rotatable bonds is 6. The lowest BCUT2D eigenvalue weighted by atomic mass is 10.1. The van der Waals surface area contributed by atoms with Crippen LogP contribution in [0.1, 0.15) is 25.3 Å². The molecule has 0 amide bonds. The second-order valence-electron chi connectivity index (χ2n) is 5.39. The summed E-state index contributed by atoms with van der Waals surface area (Å²) in [7, 11) is 1.61. The van der Waals surface area contributed by atoms with Crippen LogP contribution >= 0.6 is 11.6 Å². The van der Waals surface area contributed by atoms with E-state index in [9.17, 15) is 0 Å². The number of methoxy groups -OCH3 is 1. The van der Waals surface area contributed by atoms with E-state index in [0.717, 1.165) is 24.1 Å². The van der Waals surface area contributed by atoms with E-state index in [1.165, 1.54) is 11.1 Å². The molecule has 116 valence electrons. The molecule has 1 aliphatic carbocycles. The Hall–Kier alpha value is -1.93. The molecular weight excluding hydrogens is 294 g/mol. The van der Waals surface area contributed by atoms with E-state index >= 15 is 0 Å². The lowest BCUT2D eigenvalue weighted by molar-refractivity contribution is 0.415. The van der Waals surface area contributed by atoms with Gasteiger partial charge in [0.1, 0.15) is 5.75 Å². The van der Waals surface area contributed by atoms with Gasteiger partial charge in [0.2, 0.25) is 0 Å². The summed E-state index contributed by atoms with van der Waals surface area (Å²) >= 11 is 6.19. The van der Waals surface area contributed by atoms with E-state index in [4.69, 9.17) is 16.3 Å². The predicted molar refractivity (Wildman–Crippen MR) is 95.2 cm³/mol. The molecular formula is C19H22ClNO. The van der Waals surface area contributed by atoms with Gasteiger partial charge in [0.05, 0.1) is 18.2 Å². The maximum absolute atomic E-state index is 6.19. The van der Waals surface area contributed by atoms with Gasteiger partial charge in [0, 0.05) is 5.70 Å². The van der Waals surface area contributed by atoms with Crippen molar-refractivity contribution in [1.82, 2.24) is 5.32 Å². The number of allylic oxidation sites excluding steroid dienone is 3. The Morgan fingerprint density at radius 2 is 2.23 bits per heavy atom. The average molecular weight is 316 g/mol. The maximum atomic E-state index is 6.19. The summed E-state index contributed by atoms with van der Waals surface area (Å²) in [5.74, 6) is 0.671. The molecule has 0 saturated heterocycles. The summed E-state index contributed by atoms with van der Waals surface area (Å²) in [6.45, 7) is 10.1. The summed E-state index contributed by atoms with van der Waals surface area (Å²) < 4.78 is 5.18. The number of nitrogens with one attached hydrogen (secondary N) is 1. The summed E-state index contributed by atoms with van der Waals surface area (Å²) in [5.41, 5.74) is 4.58. The van der Waals surface area contributed by atoms with Crippen molar-refractivity contribution in [3.05, 3.63) is 71.3 Å². The van der Waals surface area contributed by atoms with E-state index in [-0.39, 0.29) is 6.04 Å². The molecule has 0 saturated carbocycles. The molecule has 1 aromatic carbocycles. The van der Waals surface area contributed by atoms with Crippen molar-refractivity contribution in [3.8, 4) is 5.75 Å². The van der Waals surface area contributed by atoms with E-state index in [0.29, 0.717) is 10.8 Å². The van der Waals surface area contributed by atoms with Crippen LogP contribution in [0.15, 0.2) is 60.7 Å². The number of benzene rings is 1. The lowest BCUT2D eigenvalue weighted by Crippen LogP contribution is -2.26. The smallest absolute Gasteiger partial charge is 0.137 e. The monoisotopic (exact) mass is 315 g/mol. The number of ether oxygens (including phenoxy) is 1. The zero-order valence-electron chi connectivity index (χ0n) is 13.2. The fourth-order valence-corrected chi connectivity index (χ4v) is 2.94. The molecule has 0 fully saturated rings. The van der Waals surface area contributed by atoms with E-state index in [1.807, 2.05) is 24.3 Å². The minimum atomic E-state index is 0.282. The quantitative estimate of drug-likeness (QED) is 0.735. The van der Waals surface area contributed by atoms with Crippen LogP contribution in [-0.4, -0.2) is 13.2 Å². The third-order valence-electron chi connectivity index (χ3n) is 3.94. The molecule has 0 aliphatic heterocycles. The minimum absolute atomic E-state index is 0.282. The first-order chi connectivity index (χ1) is 10.6. The predicted octanol–water partition coefficient (Wildman–Crippen LogP) is 5.13. The van der Waals surface area contributed by atoms with Crippen LogP contribution in [0.25, 0.3) is 5.70 Å². The van der Waals surface area contributed by atoms with Crippen molar-refractivity contribution in [2.75, 3.05) is 7.11 Å². The molecule has 0 heterocycles. The van der Waals surface area contributed by atoms with Crippen LogP contribution in [0, 0.1) is 0 Å². The Balaban J connectivity index is 2.13. The summed E-state index contributed by atoms with van der Waals surface area (Å²) in [4.78, 5) is 0. The summed E-state index contributed by atoms with van der Waals surface area (Å²) in [5, 5.41) is 4.10. The topological polar surface area (TPSA) is 21.3 Å². The van der Waals surface area contributed by atoms with Crippen molar-refractivity contribution >= 4 is 17.3 Å². The zero-order chi connectivity index (χ0) is 16.1. The Bertz CT molecular complexity index is 643. The van der Waals surface area contributed by atoms with Crippen LogP contribution in [-0.2, 0) is 0 Å². The van der Waals surface area contributed by atoms with Crippen molar-refractivity contribution in [2.45, 2.75) is 25.8 Å². The zero-order valence-corrected chi connectivity index (χ0v) is 13.9. The lowest BCUT2D eigenvalue weighted by Gasteiger charge is -2.19. The van der Waals surface area contributed by atoms with Gasteiger partial charge in [-0.1, -0.05) is 48.6 Å². The second-order valence-corrected chi connectivity index (χ2v) is 5.80. The van der Waals surface area contributed by atoms with Gasteiger partial charge >= 0.3 is 0 Å².